The van der Waals surface area contributed by atoms with Crippen LogP contribution < -0.4 is 0 Å². The number of aliphatic hydroxyl groups excluding tert-OH is 3. The minimum atomic E-state index is -1.62. The predicted octanol–water partition coefficient (Wildman–Crippen LogP) is -0.254. The van der Waals surface area contributed by atoms with E-state index in [1.165, 1.54) is 0 Å². The third-order valence-corrected chi connectivity index (χ3v) is 1.71. The van der Waals surface area contributed by atoms with Gasteiger partial charge in [0.15, 0.2) is 0 Å². The lowest BCUT2D eigenvalue weighted by Crippen LogP contribution is -2.23. The van der Waals surface area contributed by atoms with E-state index < -0.39 is 30.7 Å². The number of aliphatic hydroxyl groups is 3. The Labute approximate surface area is 78.5 Å². The standard InChI is InChI=1S/C8H9F2NO3/c9-6-2-1-4(8(10)11-6)7(14)5(13)3-12/h1-2,5,7,12-14H,3H2. The van der Waals surface area contributed by atoms with Gasteiger partial charge in [-0.3, -0.25) is 0 Å². The molecule has 14 heavy (non-hydrogen) atoms. The molecular weight excluding hydrogens is 196 g/mol. The van der Waals surface area contributed by atoms with Crippen molar-refractivity contribution in [3.8, 4) is 0 Å². The molecule has 1 rings (SSSR count). The van der Waals surface area contributed by atoms with Gasteiger partial charge in [0.25, 0.3) is 0 Å². The van der Waals surface area contributed by atoms with Gasteiger partial charge in [-0.1, -0.05) is 0 Å². The van der Waals surface area contributed by atoms with E-state index in [0.717, 1.165) is 12.1 Å². The quantitative estimate of drug-likeness (QED) is 0.595. The van der Waals surface area contributed by atoms with Crippen molar-refractivity contribution < 1.29 is 24.1 Å². The van der Waals surface area contributed by atoms with Gasteiger partial charge < -0.3 is 15.3 Å². The minimum absolute atomic E-state index is 0.354. The van der Waals surface area contributed by atoms with Crippen LogP contribution >= 0.6 is 0 Å². The zero-order valence-corrected chi connectivity index (χ0v) is 7.06. The summed E-state index contributed by atoms with van der Waals surface area (Å²) in [7, 11) is 0. The fourth-order valence-corrected chi connectivity index (χ4v) is 0.951. The molecule has 0 aromatic carbocycles. The van der Waals surface area contributed by atoms with E-state index in [1.807, 2.05) is 0 Å². The minimum Gasteiger partial charge on any atom is -0.394 e. The molecule has 0 saturated carbocycles. The Morgan fingerprint density at radius 3 is 2.43 bits per heavy atom. The van der Waals surface area contributed by atoms with Gasteiger partial charge in [-0.15, -0.1) is 0 Å². The maximum atomic E-state index is 12.9. The highest BCUT2D eigenvalue weighted by Crippen LogP contribution is 2.18. The predicted molar refractivity (Wildman–Crippen MR) is 42.2 cm³/mol. The van der Waals surface area contributed by atoms with E-state index >= 15 is 0 Å². The van der Waals surface area contributed by atoms with E-state index in [2.05, 4.69) is 4.98 Å². The molecule has 0 bridgehead atoms. The number of aromatic nitrogens is 1. The number of hydrogen-bond donors (Lipinski definition) is 3. The van der Waals surface area contributed by atoms with Crippen LogP contribution in [0.2, 0.25) is 0 Å². The summed E-state index contributed by atoms with van der Waals surface area (Å²) in [6.07, 6.45) is -3.13. The van der Waals surface area contributed by atoms with E-state index in [9.17, 15) is 13.9 Å². The molecule has 0 radical (unpaired) electrons. The molecule has 0 saturated heterocycles. The van der Waals surface area contributed by atoms with Gasteiger partial charge in [-0.05, 0) is 12.1 Å². The van der Waals surface area contributed by atoms with Crippen molar-refractivity contribution in [3.05, 3.63) is 29.6 Å². The fourth-order valence-electron chi connectivity index (χ4n) is 0.951. The Balaban J connectivity index is 2.95. The fraction of sp³-hybridized carbons (Fsp3) is 0.375. The van der Waals surface area contributed by atoms with Gasteiger partial charge in [0.2, 0.25) is 11.9 Å². The molecule has 4 nitrogen and oxygen atoms in total. The van der Waals surface area contributed by atoms with Gasteiger partial charge in [-0.2, -0.15) is 13.8 Å². The topological polar surface area (TPSA) is 73.6 Å². The monoisotopic (exact) mass is 205 g/mol. The molecule has 2 unspecified atom stereocenters. The van der Waals surface area contributed by atoms with Crippen LogP contribution in [0.15, 0.2) is 12.1 Å². The number of hydrogen-bond acceptors (Lipinski definition) is 4. The van der Waals surface area contributed by atoms with Gasteiger partial charge in [-0.25, -0.2) is 0 Å². The summed E-state index contributed by atoms with van der Waals surface area (Å²) in [6, 6.07) is 1.81. The Morgan fingerprint density at radius 1 is 1.29 bits per heavy atom. The maximum absolute atomic E-state index is 12.9. The van der Waals surface area contributed by atoms with Crippen LogP contribution in [0, 0.1) is 11.9 Å². The lowest BCUT2D eigenvalue weighted by Gasteiger charge is -2.15. The number of nitrogens with zero attached hydrogens (tertiary/aromatic N) is 1. The van der Waals surface area contributed by atoms with Crippen molar-refractivity contribution >= 4 is 0 Å². The molecule has 1 heterocycles. The average molecular weight is 205 g/mol. The second-order valence-electron chi connectivity index (χ2n) is 2.71. The Bertz CT molecular complexity index is 321. The highest BCUT2D eigenvalue weighted by molar-refractivity contribution is 5.15. The van der Waals surface area contributed by atoms with Crippen LogP contribution in [0.5, 0.6) is 0 Å². The van der Waals surface area contributed by atoms with Crippen LogP contribution in [0.1, 0.15) is 11.7 Å². The summed E-state index contributed by atoms with van der Waals surface area (Å²) in [5.74, 6) is -2.22. The SMILES string of the molecule is OCC(O)C(O)c1ccc(F)nc1F. The summed E-state index contributed by atoms with van der Waals surface area (Å²) in [6.45, 7) is -0.724. The largest absolute Gasteiger partial charge is 0.394 e. The number of rotatable bonds is 3. The van der Waals surface area contributed by atoms with Gasteiger partial charge in [0, 0.05) is 5.56 Å². The average Bonchev–Trinajstić information content (AvgIpc) is 2.15. The molecule has 1 aromatic heterocycles. The van der Waals surface area contributed by atoms with Crippen molar-refractivity contribution in [2.24, 2.45) is 0 Å². The van der Waals surface area contributed by atoms with Crippen molar-refractivity contribution in [2.75, 3.05) is 6.61 Å². The van der Waals surface area contributed by atoms with Crippen LogP contribution in [-0.4, -0.2) is 33.0 Å². The molecule has 0 aliphatic carbocycles. The molecular formula is C8H9F2NO3. The lowest BCUT2D eigenvalue weighted by atomic mass is 10.1. The third kappa shape index (κ3) is 2.22. The summed E-state index contributed by atoms with van der Waals surface area (Å²) in [5, 5.41) is 26.7. The molecule has 0 spiro atoms. The smallest absolute Gasteiger partial charge is 0.221 e. The molecule has 78 valence electrons. The Hall–Kier alpha value is -1.11. The summed E-state index contributed by atoms with van der Waals surface area (Å²) < 4.78 is 25.2. The van der Waals surface area contributed by atoms with Crippen molar-refractivity contribution in [1.82, 2.24) is 4.98 Å². The van der Waals surface area contributed by atoms with E-state index in [-0.39, 0.29) is 5.56 Å². The number of pyridine rings is 1. The first-order valence-corrected chi connectivity index (χ1v) is 3.85. The first-order chi connectivity index (χ1) is 6.56. The highest BCUT2D eigenvalue weighted by Gasteiger charge is 2.21. The van der Waals surface area contributed by atoms with Gasteiger partial charge >= 0.3 is 0 Å². The van der Waals surface area contributed by atoms with Crippen molar-refractivity contribution in [2.45, 2.75) is 12.2 Å². The van der Waals surface area contributed by atoms with Crippen LogP contribution in [-0.2, 0) is 0 Å². The molecule has 3 N–H and O–H groups in total. The zero-order chi connectivity index (χ0) is 10.7. The van der Waals surface area contributed by atoms with Crippen LogP contribution in [0.3, 0.4) is 0 Å². The molecule has 0 aliphatic rings. The maximum Gasteiger partial charge on any atom is 0.221 e. The lowest BCUT2D eigenvalue weighted by molar-refractivity contribution is -0.0172. The van der Waals surface area contributed by atoms with E-state index in [4.69, 9.17) is 10.2 Å². The highest BCUT2D eigenvalue weighted by atomic mass is 19.1. The van der Waals surface area contributed by atoms with Crippen molar-refractivity contribution in [3.63, 3.8) is 0 Å². The second-order valence-corrected chi connectivity index (χ2v) is 2.71. The van der Waals surface area contributed by atoms with Crippen molar-refractivity contribution in [1.29, 1.82) is 0 Å². The van der Waals surface area contributed by atoms with Gasteiger partial charge in [0.05, 0.1) is 6.61 Å². The Morgan fingerprint density at radius 2 is 1.93 bits per heavy atom. The third-order valence-electron chi connectivity index (χ3n) is 1.71. The molecule has 0 aliphatic heterocycles. The Kier molecular flexibility index (Phi) is 3.45. The van der Waals surface area contributed by atoms with Gasteiger partial charge in [0.1, 0.15) is 12.2 Å². The summed E-state index contributed by atoms with van der Waals surface area (Å²) in [5.41, 5.74) is -0.354. The second kappa shape index (κ2) is 4.41. The summed E-state index contributed by atoms with van der Waals surface area (Å²) in [4.78, 5) is 2.83. The van der Waals surface area contributed by atoms with Crippen LogP contribution in [0.25, 0.3) is 0 Å². The van der Waals surface area contributed by atoms with Crippen LogP contribution in [0.4, 0.5) is 8.78 Å². The van der Waals surface area contributed by atoms with E-state index in [0.29, 0.717) is 0 Å². The van der Waals surface area contributed by atoms with E-state index in [1.54, 1.807) is 0 Å². The normalized spacial score (nSPS) is 15.2. The number of halogens is 2. The first kappa shape index (κ1) is 11.0. The molecule has 1 aromatic rings. The molecule has 0 amide bonds. The molecule has 2 atom stereocenters. The molecule has 6 heteroatoms. The first-order valence-electron chi connectivity index (χ1n) is 3.85. The zero-order valence-electron chi connectivity index (χ0n) is 7.06. The summed E-state index contributed by atoms with van der Waals surface area (Å²) >= 11 is 0. The molecule has 0 fully saturated rings.